The summed E-state index contributed by atoms with van der Waals surface area (Å²) in [4.78, 5) is 22.6. The molecule has 1 saturated heterocycles. The summed E-state index contributed by atoms with van der Waals surface area (Å²) < 4.78 is 0. The topological polar surface area (TPSA) is 58.1 Å². The zero-order chi connectivity index (χ0) is 16.8. The van der Waals surface area contributed by atoms with Crippen LogP contribution >= 0.6 is 0 Å². The fraction of sp³-hybridized carbons (Fsp3) is 0.421. The van der Waals surface area contributed by atoms with Crippen LogP contribution in [-0.2, 0) is 11.2 Å². The molecule has 0 spiro atoms. The zero-order valence-corrected chi connectivity index (χ0v) is 14.1. The van der Waals surface area contributed by atoms with E-state index in [4.69, 9.17) is 4.98 Å². The molecule has 1 N–H and O–H groups in total. The van der Waals surface area contributed by atoms with Crippen molar-refractivity contribution in [1.82, 2.24) is 15.3 Å². The third-order valence-corrected chi connectivity index (χ3v) is 4.38. The Kier molecular flexibility index (Phi) is 5.41. The number of rotatable bonds is 5. The first-order valence-corrected chi connectivity index (χ1v) is 8.56. The van der Waals surface area contributed by atoms with Crippen LogP contribution in [0.25, 0.3) is 0 Å². The van der Waals surface area contributed by atoms with E-state index in [0.717, 1.165) is 50.5 Å². The van der Waals surface area contributed by atoms with Crippen LogP contribution in [0.2, 0.25) is 0 Å². The van der Waals surface area contributed by atoms with Gasteiger partial charge in [0.15, 0.2) is 0 Å². The van der Waals surface area contributed by atoms with Gasteiger partial charge in [-0.2, -0.15) is 0 Å². The highest BCUT2D eigenvalue weighted by atomic mass is 16.1. The molecule has 0 radical (unpaired) electrons. The molecule has 5 heteroatoms. The molecule has 0 bridgehead atoms. The summed E-state index contributed by atoms with van der Waals surface area (Å²) in [6, 6.07) is 12.3. The summed E-state index contributed by atoms with van der Waals surface area (Å²) in [6.45, 7) is 4.26. The Balaban J connectivity index is 1.65. The quantitative estimate of drug-likeness (QED) is 0.918. The third-order valence-electron chi connectivity index (χ3n) is 4.38. The lowest BCUT2D eigenvalue weighted by atomic mass is 9.98. The highest BCUT2D eigenvalue weighted by Gasteiger charge is 2.21. The second-order valence-electron chi connectivity index (χ2n) is 6.38. The minimum atomic E-state index is 0.0410. The van der Waals surface area contributed by atoms with Crippen LogP contribution in [0, 0.1) is 5.92 Å². The van der Waals surface area contributed by atoms with Crippen molar-refractivity contribution in [2.75, 3.05) is 24.5 Å². The number of amides is 1. The van der Waals surface area contributed by atoms with Crippen molar-refractivity contribution in [2.45, 2.75) is 26.2 Å². The molecule has 1 aromatic carbocycles. The smallest absolute Gasteiger partial charge is 0.216 e. The maximum absolute atomic E-state index is 11.1. The molecule has 3 rings (SSSR count). The fourth-order valence-electron chi connectivity index (χ4n) is 3.16. The van der Waals surface area contributed by atoms with Crippen LogP contribution < -0.4 is 10.2 Å². The van der Waals surface area contributed by atoms with E-state index in [0.29, 0.717) is 5.92 Å². The number of benzene rings is 1. The van der Waals surface area contributed by atoms with Gasteiger partial charge in [0.05, 0.1) is 0 Å². The molecule has 2 aromatic rings. The Morgan fingerprint density at radius 3 is 2.92 bits per heavy atom. The van der Waals surface area contributed by atoms with E-state index < -0.39 is 0 Å². The van der Waals surface area contributed by atoms with Gasteiger partial charge < -0.3 is 10.2 Å². The molecule has 1 aliphatic rings. The lowest BCUT2D eigenvalue weighted by Gasteiger charge is -2.33. The highest BCUT2D eigenvalue weighted by molar-refractivity contribution is 5.72. The van der Waals surface area contributed by atoms with Gasteiger partial charge in [-0.25, -0.2) is 9.97 Å². The molecule has 1 amide bonds. The summed E-state index contributed by atoms with van der Waals surface area (Å²) in [5.41, 5.74) is 1.22. The van der Waals surface area contributed by atoms with Crippen LogP contribution in [-0.4, -0.2) is 35.5 Å². The second kappa shape index (κ2) is 7.90. The van der Waals surface area contributed by atoms with Gasteiger partial charge in [-0.3, -0.25) is 4.79 Å². The first-order valence-electron chi connectivity index (χ1n) is 8.56. The van der Waals surface area contributed by atoms with E-state index in [1.807, 2.05) is 30.5 Å². The van der Waals surface area contributed by atoms with Gasteiger partial charge in [-0.05, 0) is 30.4 Å². The van der Waals surface area contributed by atoms with Crippen molar-refractivity contribution >= 4 is 11.7 Å². The SMILES string of the molecule is CC(=O)NCC1CCCN(c2ccnc(Cc3ccccc3)n2)C1. The Labute approximate surface area is 143 Å². The average Bonchev–Trinajstić information content (AvgIpc) is 2.61. The predicted octanol–water partition coefficient (Wildman–Crippen LogP) is 2.42. The largest absolute Gasteiger partial charge is 0.356 e. The summed E-state index contributed by atoms with van der Waals surface area (Å²) >= 11 is 0. The van der Waals surface area contributed by atoms with Gasteiger partial charge in [0, 0.05) is 39.2 Å². The maximum Gasteiger partial charge on any atom is 0.216 e. The standard InChI is InChI=1S/C19H24N4O/c1-15(24)21-13-17-8-5-11-23(14-17)19-9-10-20-18(22-19)12-16-6-3-2-4-7-16/h2-4,6-7,9-10,17H,5,8,11-14H2,1H3,(H,21,24). The molecule has 0 aliphatic carbocycles. The molecular formula is C19H24N4O. The Morgan fingerprint density at radius 1 is 1.29 bits per heavy atom. The van der Waals surface area contributed by atoms with Gasteiger partial charge in [-0.1, -0.05) is 30.3 Å². The maximum atomic E-state index is 11.1. The molecular weight excluding hydrogens is 300 g/mol. The molecule has 24 heavy (non-hydrogen) atoms. The van der Waals surface area contributed by atoms with Gasteiger partial charge in [0.25, 0.3) is 0 Å². The van der Waals surface area contributed by atoms with E-state index in [-0.39, 0.29) is 5.91 Å². The zero-order valence-electron chi connectivity index (χ0n) is 14.1. The van der Waals surface area contributed by atoms with Crippen molar-refractivity contribution in [3.63, 3.8) is 0 Å². The Hall–Kier alpha value is -2.43. The predicted molar refractivity (Wildman–Crippen MR) is 94.9 cm³/mol. The number of nitrogens with zero attached hydrogens (tertiary/aromatic N) is 3. The van der Waals surface area contributed by atoms with Crippen molar-refractivity contribution in [1.29, 1.82) is 0 Å². The van der Waals surface area contributed by atoms with Crippen LogP contribution in [0.3, 0.4) is 0 Å². The molecule has 1 unspecified atom stereocenters. The number of piperidine rings is 1. The number of anilines is 1. The molecule has 1 aromatic heterocycles. The molecule has 1 atom stereocenters. The van der Waals surface area contributed by atoms with E-state index in [9.17, 15) is 4.79 Å². The Bertz CT molecular complexity index is 674. The van der Waals surface area contributed by atoms with Crippen molar-refractivity contribution in [2.24, 2.45) is 5.92 Å². The summed E-state index contributed by atoms with van der Waals surface area (Å²) in [5, 5.41) is 2.93. The minimum absolute atomic E-state index is 0.0410. The lowest BCUT2D eigenvalue weighted by Crippen LogP contribution is -2.41. The molecule has 1 aliphatic heterocycles. The van der Waals surface area contributed by atoms with Gasteiger partial charge in [0.2, 0.25) is 5.91 Å². The molecule has 0 saturated carbocycles. The van der Waals surface area contributed by atoms with Crippen LogP contribution in [0.5, 0.6) is 0 Å². The lowest BCUT2D eigenvalue weighted by molar-refractivity contribution is -0.119. The first kappa shape index (κ1) is 16.4. The van der Waals surface area contributed by atoms with E-state index in [1.165, 1.54) is 5.56 Å². The molecule has 1 fully saturated rings. The van der Waals surface area contributed by atoms with Crippen LogP contribution in [0.1, 0.15) is 31.2 Å². The van der Waals surface area contributed by atoms with Crippen LogP contribution in [0.4, 0.5) is 5.82 Å². The van der Waals surface area contributed by atoms with Crippen molar-refractivity contribution < 1.29 is 4.79 Å². The number of hydrogen-bond donors (Lipinski definition) is 1. The second-order valence-corrected chi connectivity index (χ2v) is 6.38. The van der Waals surface area contributed by atoms with Gasteiger partial charge in [0.1, 0.15) is 11.6 Å². The summed E-state index contributed by atoms with van der Waals surface area (Å²) in [6.07, 6.45) is 4.87. The van der Waals surface area contributed by atoms with Crippen molar-refractivity contribution in [3.05, 3.63) is 54.0 Å². The average molecular weight is 324 g/mol. The summed E-state index contributed by atoms with van der Waals surface area (Å²) in [7, 11) is 0. The molecule has 2 heterocycles. The fourth-order valence-corrected chi connectivity index (χ4v) is 3.16. The Morgan fingerprint density at radius 2 is 2.12 bits per heavy atom. The molecule has 126 valence electrons. The number of carbonyl (C=O) groups is 1. The number of hydrogen-bond acceptors (Lipinski definition) is 4. The number of nitrogens with one attached hydrogen (secondary N) is 1. The van der Waals surface area contributed by atoms with Crippen LogP contribution in [0.15, 0.2) is 42.6 Å². The van der Waals surface area contributed by atoms with E-state index in [1.54, 1.807) is 6.92 Å². The minimum Gasteiger partial charge on any atom is -0.356 e. The van der Waals surface area contributed by atoms with Gasteiger partial charge >= 0.3 is 0 Å². The first-order chi connectivity index (χ1) is 11.7. The normalized spacial score (nSPS) is 17.5. The third kappa shape index (κ3) is 4.54. The number of aromatic nitrogens is 2. The van der Waals surface area contributed by atoms with E-state index in [2.05, 4.69) is 27.3 Å². The monoisotopic (exact) mass is 324 g/mol. The highest BCUT2D eigenvalue weighted by Crippen LogP contribution is 2.21. The van der Waals surface area contributed by atoms with E-state index >= 15 is 0 Å². The number of carbonyl (C=O) groups excluding carboxylic acids is 1. The molecule has 5 nitrogen and oxygen atoms in total. The van der Waals surface area contributed by atoms with Gasteiger partial charge in [-0.15, -0.1) is 0 Å². The van der Waals surface area contributed by atoms with Crippen molar-refractivity contribution in [3.8, 4) is 0 Å². The summed E-state index contributed by atoms with van der Waals surface area (Å²) in [5.74, 6) is 2.36.